The summed E-state index contributed by atoms with van der Waals surface area (Å²) in [6.07, 6.45) is 0.868. The van der Waals surface area contributed by atoms with Crippen molar-refractivity contribution in [3.63, 3.8) is 0 Å². The van der Waals surface area contributed by atoms with Crippen LogP contribution in [-0.2, 0) is 19.1 Å². The van der Waals surface area contributed by atoms with Gasteiger partial charge in [0.05, 0.1) is 19.6 Å². The average Bonchev–Trinajstić information content (AvgIpc) is 2.51. The smallest absolute Gasteiger partial charge is 0.305 e. The molecule has 0 aliphatic heterocycles. The monoisotopic (exact) mass is 340 g/mol. The molecule has 1 rings (SSSR count). The molecule has 7 heteroatoms. The van der Waals surface area contributed by atoms with Crippen LogP contribution < -0.4 is 10.6 Å². The second kappa shape index (κ2) is 9.84. The highest BCUT2D eigenvalue weighted by atomic mass is 35.5. The zero-order chi connectivity index (χ0) is 17.2. The highest BCUT2D eigenvalue weighted by Crippen LogP contribution is 2.19. The topological polar surface area (TPSA) is 84.5 Å². The number of esters is 1. The molecule has 23 heavy (non-hydrogen) atoms. The molecule has 2 amide bonds. The molecule has 0 heterocycles. The Balaban J connectivity index is 2.53. The number of benzene rings is 1. The van der Waals surface area contributed by atoms with E-state index in [9.17, 15) is 14.4 Å². The first kappa shape index (κ1) is 19.0. The van der Waals surface area contributed by atoms with Gasteiger partial charge in [0.2, 0.25) is 11.8 Å². The number of halogens is 1. The zero-order valence-corrected chi connectivity index (χ0v) is 14.0. The number of hydrogen-bond donors (Lipinski definition) is 2. The van der Waals surface area contributed by atoms with Gasteiger partial charge in [0, 0.05) is 24.9 Å². The van der Waals surface area contributed by atoms with Crippen LogP contribution in [0.15, 0.2) is 24.3 Å². The van der Waals surface area contributed by atoms with Crippen molar-refractivity contribution in [2.24, 2.45) is 0 Å². The summed E-state index contributed by atoms with van der Waals surface area (Å²) in [5.41, 5.74) is 0.800. The van der Waals surface area contributed by atoms with Gasteiger partial charge in [-0.15, -0.1) is 0 Å². The van der Waals surface area contributed by atoms with Crippen molar-refractivity contribution in [3.8, 4) is 0 Å². The largest absolute Gasteiger partial charge is 0.469 e. The van der Waals surface area contributed by atoms with Gasteiger partial charge in [0.25, 0.3) is 0 Å². The van der Waals surface area contributed by atoms with Gasteiger partial charge < -0.3 is 15.4 Å². The van der Waals surface area contributed by atoms with E-state index >= 15 is 0 Å². The Labute approximate surface area is 140 Å². The number of amides is 2. The molecule has 1 atom stereocenters. The van der Waals surface area contributed by atoms with E-state index in [1.807, 2.05) is 0 Å². The summed E-state index contributed by atoms with van der Waals surface area (Å²) in [7, 11) is 1.32. The van der Waals surface area contributed by atoms with Crippen LogP contribution in [-0.4, -0.2) is 31.4 Å². The Bertz CT molecular complexity index is 546. The number of rotatable bonds is 8. The maximum Gasteiger partial charge on any atom is 0.305 e. The van der Waals surface area contributed by atoms with E-state index < -0.39 is 6.04 Å². The lowest BCUT2D eigenvalue weighted by atomic mass is 10.0. The maximum atomic E-state index is 12.0. The third-order valence-electron chi connectivity index (χ3n) is 3.15. The molecule has 0 saturated heterocycles. The fourth-order valence-electron chi connectivity index (χ4n) is 2.01. The van der Waals surface area contributed by atoms with Crippen LogP contribution in [0.3, 0.4) is 0 Å². The van der Waals surface area contributed by atoms with Gasteiger partial charge in [0.1, 0.15) is 0 Å². The molecule has 0 aliphatic rings. The van der Waals surface area contributed by atoms with Crippen LogP contribution in [0.2, 0.25) is 5.02 Å². The van der Waals surface area contributed by atoms with E-state index in [-0.39, 0.29) is 30.6 Å². The molecule has 0 saturated carbocycles. The van der Waals surface area contributed by atoms with E-state index in [2.05, 4.69) is 15.4 Å². The van der Waals surface area contributed by atoms with Crippen LogP contribution in [0, 0.1) is 0 Å². The minimum Gasteiger partial charge on any atom is -0.469 e. The zero-order valence-electron chi connectivity index (χ0n) is 13.2. The lowest BCUT2D eigenvalue weighted by Gasteiger charge is -2.18. The van der Waals surface area contributed by atoms with Gasteiger partial charge in [0.15, 0.2) is 0 Å². The van der Waals surface area contributed by atoms with E-state index in [0.717, 1.165) is 5.56 Å². The highest BCUT2D eigenvalue weighted by molar-refractivity contribution is 6.30. The minimum absolute atomic E-state index is 0.111. The van der Waals surface area contributed by atoms with Gasteiger partial charge in [-0.25, -0.2) is 0 Å². The Morgan fingerprint density at radius 3 is 2.43 bits per heavy atom. The van der Waals surface area contributed by atoms with Crippen LogP contribution in [0.5, 0.6) is 0 Å². The van der Waals surface area contributed by atoms with Gasteiger partial charge in [-0.2, -0.15) is 0 Å². The van der Waals surface area contributed by atoms with E-state index in [0.29, 0.717) is 18.0 Å². The van der Waals surface area contributed by atoms with Crippen molar-refractivity contribution in [2.75, 3.05) is 13.7 Å². The number of carbonyl (C=O) groups is 3. The molecule has 0 bridgehead atoms. The summed E-state index contributed by atoms with van der Waals surface area (Å²) in [4.78, 5) is 34.3. The first-order valence-corrected chi connectivity index (χ1v) is 7.66. The first-order valence-electron chi connectivity index (χ1n) is 7.28. The van der Waals surface area contributed by atoms with Crippen LogP contribution in [0.4, 0.5) is 0 Å². The molecule has 0 aliphatic carbocycles. The standard InChI is InChI=1S/C16H21ClN2O4/c1-11(20)19-14(12-5-7-13(17)8-6-12)10-15(21)18-9-3-4-16(22)23-2/h5-8,14H,3-4,9-10H2,1-2H3,(H,18,21)(H,19,20). The molecule has 0 fully saturated rings. The summed E-state index contributed by atoms with van der Waals surface area (Å²) >= 11 is 5.85. The van der Waals surface area contributed by atoms with Crippen LogP contribution >= 0.6 is 11.6 Å². The van der Waals surface area contributed by atoms with Crippen molar-refractivity contribution in [2.45, 2.75) is 32.2 Å². The Kier molecular flexibility index (Phi) is 8.11. The molecular formula is C16H21ClN2O4. The Morgan fingerprint density at radius 1 is 1.22 bits per heavy atom. The fourth-order valence-corrected chi connectivity index (χ4v) is 2.14. The molecular weight excluding hydrogens is 320 g/mol. The molecule has 0 spiro atoms. The predicted molar refractivity (Wildman–Crippen MR) is 86.9 cm³/mol. The van der Waals surface area contributed by atoms with Crippen molar-refractivity contribution < 1.29 is 19.1 Å². The Morgan fingerprint density at radius 2 is 1.87 bits per heavy atom. The summed E-state index contributed by atoms with van der Waals surface area (Å²) in [6, 6.07) is 6.53. The third-order valence-corrected chi connectivity index (χ3v) is 3.40. The molecule has 2 N–H and O–H groups in total. The van der Waals surface area contributed by atoms with E-state index in [1.54, 1.807) is 24.3 Å². The minimum atomic E-state index is -0.426. The molecule has 0 aromatic heterocycles. The number of ether oxygens (including phenoxy) is 1. The van der Waals surface area contributed by atoms with Crippen molar-refractivity contribution in [3.05, 3.63) is 34.9 Å². The van der Waals surface area contributed by atoms with Gasteiger partial charge in [-0.05, 0) is 24.1 Å². The summed E-state index contributed by atoms with van der Waals surface area (Å²) in [5.74, 6) is -0.733. The molecule has 6 nitrogen and oxygen atoms in total. The molecule has 1 aromatic rings. The predicted octanol–water partition coefficient (Wildman–Crippen LogP) is 1.98. The number of nitrogens with one attached hydrogen (secondary N) is 2. The van der Waals surface area contributed by atoms with Gasteiger partial charge in [-0.3, -0.25) is 14.4 Å². The summed E-state index contributed by atoms with van der Waals surface area (Å²) in [5, 5.41) is 6.06. The molecule has 0 radical (unpaired) electrons. The average molecular weight is 341 g/mol. The van der Waals surface area contributed by atoms with Crippen molar-refractivity contribution >= 4 is 29.4 Å². The quantitative estimate of drug-likeness (QED) is 0.560. The fraction of sp³-hybridized carbons (Fsp3) is 0.438. The number of methoxy groups -OCH3 is 1. The summed E-state index contributed by atoms with van der Waals surface area (Å²) < 4.78 is 4.52. The number of carbonyl (C=O) groups excluding carboxylic acids is 3. The van der Waals surface area contributed by atoms with Crippen molar-refractivity contribution in [1.82, 2.24) is 10.6 Å². The lowest BCUT2D eigenvalue weighted by molar-refractivity contribution is -0.140. The van der Waals surface area contributed by atoms with E-state index in [1.165, 1.54) is 14.0 Å². The molecule has 126 valence electrons. The lowest BCUT2D eigenvalue weighted by Crippen LogP contribution is -2.33. The second-order valence-corrected chi connectivity index (χ2v) is 5.47. The normalized spacial score (nSPS) is 11.4. The van der Waals surface area contributed by atoms with Gasteiger partial charge in [-0.1, -0.05) is 23.7 Å². The second-order valence-electron chi connectivity index (χ2n) is 5.04. The maximum absolute atomic E-state index is 12.0. The molecule has 1 unspecified atom stereocenters. The Hall–Kier alpha value is -2.08. The van der Waals surface area contributed by atoms with E-state index in [4.69, 9.17) is 11.6 Å². The molecule has 1 aromatic carbocycles. The SMILES string of the molecule is COC(=O)CCCNC(=O)CC(NC(C)=O)c1ccc(Cl)cc1. The third kappa shape index (κ3) is 7.65. The van der Waals surface area contributed by atoms with Crippen LogP contribution in [0.25, 0.3) is 0 Å². The summed E-state index contributed by atoms with van der Waals surface area (Å²) in [6.45, 7) is 1.78. The highest BCUT2D eigenvalue weighted by Gasteiger charge is 2.17. The van der Waals surface area contributed by atoms with Crippen molar-refractivity contribution in [1.29, 1.82) is 0 Å². The first-order chi connectivity index (χ1) is 10.9. The van der Waals surface area contributed by atoms with Crippen LogP contribution in [0.1, 0.15) is 37.8 Å². The van der Waals surface area contributed by atoms with Gasteiger partial charge >= 0.3 is 5.97 Å². The number of hydrogen-bond acceptors (Lipinski definition) is 4.